The summed E-state index contributed by atoms with van der Waals surface area (Å²) in [7, 11) is 0. The number of hydrogen-bond acceptors (Lipinski definition) is 4. The Morgan fingerprint density at radius 2 is 2.20 bits per heavy atom. The van der Waals surface area contributed by atoms with Crippen LogP contribution in [-0.2, 0) is 13.1 Å². The minimum Gasteiger partial charge on any atom is -0.309 e. The lowest BCUT2D eigenvalue weighted by Gasteiger charge is -2.45. The fraction of sp³-hybridized carbons (Fsp3) is 0.867. The molecule has 1 N–H and O–H groups in total. The molecule has 0 bridgehead atoms. The van der Waals surface area contributed by atoms with Gasteiger partial charge in [0, 0.05) is 31.2 Å². The van der Waals surface area contributed by atoms with Crippen LogP contribution in [0.2, 0.25) is 0 Å². The van der Waals surface area contributed by atoms with E-state index in [0.29, 0.717) is 6.04 Å². The number of nitrogens with one attached hydrogen (secondary N) is 1. The van der Waals surface area contributed by atoms with E-state index in [0.717, 1.165) is 44.8 Å². The van der Waals surface area contributed by atoms with Crippen molar-refractivity contribution >= 4 is 0 Å². The van der Waals surface area contributed by atoms with Crippen molar-refractivity contribution in [1.29, 1.82) is 0 Å². The lowest BCUT2D eigenvalue weighted by Crippen LogP contribution is -2.62. The van der Waals surface area contributed by atoms with Crippen LogP contribution in [0.5, 0.6) is 0 Å². The summed E-state index contributed by atoms with van der Waals surface area (Å²) in [6.07, 6.45) is 5.12. The van der Waals surface area contributed by atoms with Crippen LogP contribution in [0.15, 0.2) is 6.33 Å². The number of rotatable bonds is 6. The first-order valence-corrected chi connectivity index (χ1v) is 7.97. The Hall–Kier alpha value is -0.940. The monoisotopic (exact) mass is 279 g/mol. The predicted molar refractivity (Wildman–Crippen MR) is 81.5 cm³/mol. The SMILES string of the molecule is CCCn1ncnc1CN1CC(C)(CC)NCC1CC. The zero-order chi connectivity index (χ0) is 14.6. The fourth-order valence-corrected chi connectivity index (χ4v) is 2.94. The zero-order valence-corrected chi connectivity index (χ0v) is 13.4. The van der Waals surface area contributed by atoms with E-state index in [2.05, 4.69) is 52.7 Å². The lowest BCUT2D eigenvalue weighted by atomic mass is 9.93. The molecule has 2 unspecified atom stereocenters. The average molecular weight is 279 g/mol. The first-order chi connectivity index (χ1) is 9.61. The number of aryl methyl sites for hydroxylation is 1. The molecule has 0 amide bonds. The van der Waals surface area contributed by atoms with Gasteiger partial charge < -0.3 is 5.32 Å². The van der Waals surface area contributed by atoms with Crippen LogP contribution in [0.25, 0.3) is 0 Å². The number of hydrogen-bond donors (Lipinski definition) is 1. The van der Waals surface area contributed by atoms with Gasteiger partial charge in [0.05, 0.1) is 6.54 Å². The van der Waals surface area contributed by atoms with Crippen molar-refractivity contribution < 1.29 is 0 Å². The van der Waals surface area contributed by atoms with Gasteiger partial charge in [-0.15, -0.1) is 0 Å². The number of nitrogens with zero attached hydrogens (tertiary/aromatic N) is 4. The van der Waals surface area contributed by atoms with E-state index in [1.165, 1.54) is 6.42 Å². The smallest absolute Gasteiger partial charge is 0.141 e. The van der Waals surface area contributed by atoms with E-state index < -0.39 is 0 Å². The highest BCUT2D eigenvalue weighted by Crippen LogP contribution is 2.21. The summed E-state index contributed by atoms with van der Waals surface area (Å²) < 4.78 is 2.05. The first kappa shape index (κ1) is 15.4. The minimum atomic E-state index is 0.223. The van der Waals surface area contributed by atoms with Crippen LogP contribution in [0.1, 0.15) is 52.8 Å². The van der Waals surface area contributed by atoms with Crippen LogP contribution >= 0.6 is 0 Å². The van der Waals surface area contributed by atoms with Crippen molar-refractivity contribution in [3.05, 3.63) is 12.2 Å². The van der Waals surface area contributed by atoms with E-state index in [-0.39, 0.29) is 5.54 Å². The molecule has 1 aromatic heterocycles. The van der Waals surface area contributed by atoms with Crippen molar-refractivity contribution in [3.8, 4) is 0 Å². The molecule has 0 spiro atoms. The van der Waals surface area contributed by atoms with Gasteiger partial charge in [0.1, 0.15) is 12.2 Å². The van der Waals surface area contributed by atoms with Gasteiger partial charge in [0.25, 0.3) is 0 Å². The van der Waals surface area contributed by atoms with Gasteiger partial charge in [-0.2, -0.15) is 5.10 Å². The molecule has 1 aromatic rings. The molecule has 114 valence electrons. The summed E-state index contributed by atoms with van der Waals surface area (Å²) in [6.45, 7) is 13.1. The van der Waals surface area contributed by atoms with Gasteiger partial charge >= 0.3 is 0 Å². The Bertz CT molecular complexity index is 416. The largest absolute Gasteiger partial charge is 0.309 e. The molecule has 20 heavy (non-hydrogen) atoms. The topological polar surface area (TPSA) is 46.0 Å². The molecule has 5 nitrogen and oxygen atoms in total. The maximum atomic E-state index is 4.46. The Morgan fingerprint density at radius 3 is 2.85 bits per heavy atom. The molecule has 1 fully saturated rings. The van der Waals surface area contributed by atoms with Crippen LogP contribution < -0.4 is 5.32 Å². The molecular formula is C15H29N5. The summed E-state index contributed by atoms with van der Waals surface area (Å²) in [5.74, 6) is 1.10. The normalized spacial score (nSPS) is 27.9. The van der Waals surface area contributed by atoms with Crippen molar-refractivity contribution in [2.75, 3.05) is 13.1 Å². The molecule has 0 radical (unpaired) electrons. The summed E-state index contributed by atoms with van der Waals surface area (Å²) >= 11 is 0. The second-order valence-corrected chi connectivity index (χ2v) is 6.16. The zero-order valence-electron chi connectivity index (χ0n) is 13.4. The quantitative estimate of drug-likeness (QED) is 0.865. The standard InChI is InChI=1S/C15H29N5/c1-5-8-20-14(16-12-18-20)10-19-11-15(4,7-3)17-9-13(19)6-2/h12-13,17H,5-11H2,1-4H3. The van der Waals surface area contributed by atoms with E-state index >= 15 is 0 Å². The van der Waals surface area contributed by atoms with Gasteiger partial charge in [-0.25, -0.2) is 9.67 Å². The molecule has 1 saturated heterocycles. The predicted octanol–water partition coefficient (Wildman–Crippen LogP) is 2.04. The molecule has 2 heterocycles. The van der Waals surface area contributed by atoms with Crippen LogP contribution in [0, 0.1) is 0 Å². The van der Waals surface area contributed by atoms with Gasteiger partial charge in [0.15, 0.2) is 0 Å². The maximum Gasteiger partial charge on any atom is 0.141 e. The van der Waals surface area contributed by atoms with E-state index in [1.54, 1.807) is 6.33 Å². The van der Waals surface area contributed by atoms with Crippen LogP contribution in [0.4, 0.5) is 0 Å². The highest BCUT2D eigenvalue weighted by Gasteiger charge is 2.34. The molecule has 2 rings (SSSR count). The molecule has 2 atom stereocenters. The average Bonchev–Trinajstić information content (AvgIpc) is 2.87. The van der Waals surface area contributed by atoms with Crippen LogP contribution in [0.3, 0.4) is 0 Å². The minimum absolute atomic E-state index is 0.223. The second-order valence-electron chi connectivity index (χ2n) is 6.16. The third-order valence-corrected chi connectivity index (χ3v) is 4.56. The molecule has 0 saturated carbocycles. The Morgan fingerprint density at radius 1 is 1.40 bits per heavy atom. The van der Waals surface area contributed by atoms with Gasteiger partial charge in [0.2, 0.25) is 0 Å². The molecule has 5 heteroatoms. The molecule has 1 aliphatic rings. The van der Waals surface area contributed by atoms with Gasteiger partial charge in [-0.1, -0.05) is 20.8 Å². The van der Waals surface area contributed by atoms with Crippen molar-refractivity contribution in [3.63, 3.8) is 0 Å². The second kappa shape index (κ2) is 6.68. The van der Waals surface area contributed by atoms with E-state index in [1.807, 2.05) is 0 Å². The highest BCUT2D eigenvalue weighted by molar-refractivity contribution is 4.96. The van der Waals surface area contributed by atoms with Gasteiger partial charge in [-0.3, -0.25) is 4.90 Å². The molecule has 1 aliphatic heterocycles. The summed E-state index contributed by atoms with van der Waals surface area (Å²) in [5.41, 5.74) is 0.223. The first-order valence-electron chi connectivity index (χ1n) is 7.97. The van der Waals surface area contributed by atoms with Crippen molar-refractivity contribution in [2.45, 2.75) is 71.6 Å². The fourth-order valence-electron chi connectivity index (χ4n) is 2.94. The molecule has 0 aromatic carbocycles. The van der Waals surface area contributed by atoms with E-state index in [4.69, 9.17) is 0 Å². The van der Waals surface area contributed by atoms with Gasteiger partial charge in [-0.05, 0) is 26.2 Å². The third kappa shape index (κ3) is 3.38. The lowest BCUT2D eigenvalue weighted by molar-refractivity contribution is 0.0719. The third-order valence-electron chi connectivity index (χ3n) is 4.56. The Balaban J connectivity index is 2.09. The maximum absolute atomic E-state index is 4.46. The molecular weight excluding hydrogens is 250 g/mol. The Labute approximate surface area is 122 Å². The number of piperazine rings is 1. The van der Waals surface area contributed by atoms with Crippen molar-refractivity contribution in [1.82, 2.24) is 25.0 Å². The molecule has 0 aliphatic carbocycles. The summed E-state index contributed by atoms with van der Waals surface area (Å²) in [5, 5.41) is 8.05. The Kier molecular flexibility index (Phi) is 5.16. The van der Waals surface area contributed by atoms with Crippen molar-refractivity contribution in [2.24, 2.45) is 0 Å². The van der Waals surface area contributed by atoms with Crippen LogP contribution in [-0.4, -0.2) is 44.3 Å². The summed E-state index contributed by atoms with van der Waals surface area (Å²) in [4.78, 5) is 7.04. The van der Waals surface area contributed by atoms with E-state index in [9.17, 15) is 0 Å². The number of aromatic nitrogens is 3. The highest BCUT2D eigenvalue weighted by atomic mass is 15.4. The summed E-state index contributed by atoms with van der Waals surface area (Å²) in [6, 6.07) is 0.599.